The van der Waals surface area contributed by atoms with E-state index in [1.165, 1.54) is 24.5 Å². The van der Waals surface area contributed by atoms with Crippen molar-refractivity contribution in [2.75, 3.05) is 5.01 Å². The molecule has 23 heavy (non-hydrogen) atoms. The SMILES string of the molecule is CC1=NN(c2cccc(C(F)(F)F)c2)C(=O)C1=Cc1ccco1. The number of nitrogens with zero attached hydrogens (tertiary/aromatic N) is 2. The van der Waals surface area contributed by atoms with E-state index in [0.29, 0.717) is 11.5 Å². The van der Waals surface area contributed by atoms with Crippen LogP contribution in [0.15, 0.2) is 57.8 Å². The molecule has 2 aromatic rings. The minimum atomic E-state index is -4.48. The summed E-state index contributed by atoms with van der Waals surface area (Å²) in [6.07, 6.45) is -1.51. The van der Waals surface area contributed by atoms with Crippen LogP contribution in [0.25, 0.3) is 6.08 Å². The summed E-state index contributed by atoms with van der Waals surface area (Å²) in [5, 5.41) is 5.01. The predicted octanol–water partition coefficient (Wildman–Crippen LogP) is 4.10. The molecule has 0 saturated carbocycles. The van der Waals surface area contributed by atoms with Crippen molar-refractivity contribution in [2.45, 2.75) is 13.1 Å². The van der Waals surface area contributed by atoms with E-state index >= 15 is 0 Å². The Bertz CT molecular complexity index is 805. The van der Waals surface area contributed by atoms with Gasteiger partial charge in [-0.2, -0.15) is 23.3 Å². The first kappa shape index (κ1) is 15.1. The fourth-order valence-electron chi connectivity index (χ4n) is 2.19. The molecule has 1 aromatic heterocycles. The topological polar surface area (TPSA) is 45.8 Å². The Morgan fingerprint density at radius 2 is 2.00 bits per heavy atom. The van der Waals surface area contributed by atoms with E-state index in [4.69, 9.17) is 4.42 Å². The van der Waals surface area contributed by atoms with Gasteiger partial charge in [0, 0.05) is 0 Å². The maximum absolute atomic E-state index is 12.8. The van der Waals surface area contributed by atoms with Crippen molar-refractivity contribution in [3.63, 3.8) is 0 Å². The number of halogens is 3. The molecule has 3 rings (SSSR count). The summed E-state index contributed by atoms with van der Waals surface area (Å²) in [4.78, 5) is 12.4. The van der Waals surface area contributed by atoms with Crippen molar-refractivity contribution < 1.29 is 22.4 Å². The van der Waals surface area contributed by atoms with Crippen LogP contribution in [0, 0.1) is 0 Å². The Kier molecular flexibility index (Phi) is 3.55. The third kappa shape index (κ3) is 2.90. The molecular formula is C16H11F3N2O2. The minimum absolute atomic E-state index is 0.0621. The highest BCUT2D eigenvalue weighted by molar-refractivity contribution is 6.32. The third-order valence-corrected chi connectivity index (χ3v) is 3.31. The molecule has 2 heterocycles. The van der Waals surface area contributed by atoms with E-state index < -0.39 is 17.6 Å². The molecule has 0 aliphatic carbocycles. The van der Waals surface area contributed by atoms with Crippen LogP contribution in [0.5, 0.6) is 0 Å². The van der Waals surface area contributed by atoms with Gasteiger partial charge in [0.15, 0.2) is 0 Å². The van der Waals surface area contributed by atoms with Gasteiger partial charge in [0.25, 0.3) is 5.91 Å². The van der Waals surface area contributed by atoms with Crippen LogP contribution < -0.4 is 5.01 Å². The van der Waals surface area contributed by atoms with Gasteiger partial charge >= 0.3 is 6.18 Å². The fourth-order valence-corrected chi connectivity index (χ4v) is 2.19. The van der Waals surface area contributed by atoms with Gasteiger partial charge in [0.05, 0.1) is 28.8 Å². The van der Waals surface area contributed by atoms with E-state index in [9.17, 15) is 18.0 Å². The van der Waals surface area contributed by atoms with Crippen molar-refractivity contribution >= 4 is 23.4 Å². The van der Waals surface area contributed by atoms with Crippen molar-refractivity contribution in [3.05, 3.63) is 59.6 Å². The summed E-state index contributed by atoms with van der Waals surface area (Å²) < 4.78 is 43.5. The smallest absolute Gasteiger partial charge is 0.416 e. The number of hydrogen-bond donors (Lipinski definition) is 0. The van der Waals surface area contributed by atoms with E-state index in [0.717, 1.165) is 17.1 Å². The van der Waals surface area contributed by atoms with Crippen molar-refractivity contribution in [1.82, 2.24) is 0 Å². The van der Waals surface area contributed by atoms with Gasteiger partial charge in [-0.3, -0.25) is 4.79 Å². The summed E-state index contributed by atoms with van der Waals surface area (Å²) >= 11 is 0. The molecule has 0 saturated heterocycles. The average molecular weight is 320 g/mol. The average Bonchev–Trinajstić information content (AvgIpc) is 3.10. The van der Waals surface area contributed by atoms with Gasteiger partial charge in [0.2, 0.25) is 0 Å². The van der Waals surface area contributed by atoms with Crippen LogP contribution in [0.4, 0.5) is 18.9 Å². The Hall–Kier alpha value is -2.83. The lowest BCUT2D eigenvalue weighted by atomic mass is 10.1. The molecule has 118 valence electrons. The minimum Gasteiger partial charge on any atom is -0.465 e. The first-order valence-corrected chi connectivity index (χ1v) is 6.69. The molecule has 0 atom stereocenters. The maximum atomic E-state index is 12.8. The molecule has 7 heteroatoms. The van der Waals surface area contributed by atoms with Gasteiger partial charge in [-0.05, 0) is 43.3 Å². The zero-order valence-electron chi connectivity index (χ0n) is 12.0. The normalized spacial score (nSPS) is 17.0. The van der Waals surface area contributed by atoms with Gasteiger partial charge in [-0.25, -0.2) is 0 Å². The van der Waals surface area contributed by atoms with Crippen LogP contribution in [0.1, 0.15) is 18.2 Å². The first-order chi connectivity index (χ1) is 10.9. The lowest BCUT2D eigenvalue weighted by Crippen LogP contribution is -2.21. The van der Waals surface area contributed by atoms with E-state index in [-0.39, 0.29) is 11.3 Å². The molecule has 1 aliphatic rings. The number of benzene rings is 1. The maximum Gasteiger partial charge on any atom is 0.416 e. The van der Waals surface area contributed by atoms with E-state index in [1.807, 2.05) is 0 Å². The van der Waals surface area contributed by atoms with Gasteiger partial charge < -0.3 is 4.42 Å². The van der Waals surface area contributed by atoms with Crippen molar-refractivity contribution in [3.8, 4) is 0 Å². The number of hydrazone groups is 1. The molecule has 1 aliphatic heterocycles. The Labute approximate surface area is 129 Å². The molecule has 0 N–H and O–H groups in total. The monoisotopic (exact) mass is 320 g/mol. The van der Waals surface area contributed by atoms with E-state index in [1.54, 1.807) is 19.1 Å². The highest BCUT2D eigenvalue weighted by Gasteiger charge is 2.33. The number of carbonyl (C=O) groups is 1. The van der Waals surface area contributed by atoms with Crippen LogP contribution in [-0.4, -0.2) is 11.6 Å². The third-order valence-electron chi connectivity index (χ3n) is 3.31. The largest absolute Gasteiger partial charge is 0.465 e. The number of alkyl halides is 3. The molecule has 1 amide bonds. The first-order valence-electron chi connectivity index (χ1n) is 6.69. The zero-order chi connectivity index (χ0) is 16.6. The number of hydrogen-bond acceptors (Lipinski definition) is 3. The number of furan rings is 1. The van der Waals surface area contributed by atoms with Crippen LogP contribution in [-0.2, 0) is 11.0 Å². The molecule has 0 unspecified atom stereocenters. The van der Waals surface area contributed by atoms with Crippen molar-refractivity contribution in [1.29, 1.82) is 0 Å². The summed E-state index contributed by atoms with van der Waals surface area (Å²) in [6, 6.07) is 7.82. The fraction of sp³-hybridized carbons (Fsp3) is 0.125. The highest BCUT2D eigenvalue weighted by atomic mass is 19.4. The summed E-state index contributed by atoms with van der Waals surface area (Å²) in [7, 11) is 0. The lowest BCUT2D eigenvalue weighted by Gasteiger charge is -2.14. The molecular weight excluding hydrogens is 309 g/mol. The quantitative estimate of drug-likeness (QED) is 0.782. The molecule has 0 bridgehead atoms. The standard InChI is InChI=1S/C16H11F3N2O2/c1-10-14(9-13-6-3-7-23-13)15(22)21(20-10)12-5-2-4-11(8-12)16(17,18)19/h2-9H,1H3. The summed E-state index contributed by atoms with van der Waals surface area (Å²) in [6.45, 7) is 1.61. The lowest BCUT2D eigenvalue weighted by molar-refractivity contribution is -0.137. The number of amides is 1. The summed E-state index contributed by atoms with van der Waals surface area (Å²) in [5.41, 5.74) is -0.0905. The molecule has 0 spiro atoms. The van der Waals surface area contributed by atoms with Crippen LogP contribution >= 0.6 is 0 Å². The Morgan fingerprint density at radius 3 is 2.65 bits per heavy atom. The highest BCUT2D eigenvalue weighted by Crippen LogP contribution is 2.33. The second-order valence-corrected chi connectivity index (χ2v) is 4.92. The van der Waals surface area contributed by atoms with Crippen LogP contribution in [0.2, 0.25) is 0 Å². The number of carbonyl (C=O) groups excluding carboxylic acids is 1. The van der Waals surface area contributed by atoms with E-state index in [2.05, 4.69) is 5.10 Å². The van der Waals surface area contributed by atoms with Gasteiger partial charge in [-0.15, -0.1) is 0 Å². The molecule has 0 radical (unpaired) electrons. The predicted molar refractivity (Wildman–Crippen MR) is 78.7 cm³/mol. The molecule has 1 aromatic carbocycles. The number of anilines is 1. The Morgan fingerprint density at radius 1 is 1.22 bits per heavy atom. The van der Waals surface area contributed by atoms with Crippen molar-refractivity contribution in [2.24, 2.45) is 5.10 Å². The second kappa shape index (κ2) is 5.42. The molecule has 0 fully saturated rings. The van der Waals surface area contributed by atoms with Gasteiger partial charge in [-0.1, -0.05) is 6.07 Å². The molecule has 4 nitrogen and oxygen atoms in total. The second-order valence-electron chi connectivity index (χ2n) is 4.92. The van der Waals surface area contributed by atoms with Crippen LogP contribution in [0.3, 0.4) is 0 Å². The van der Waals surface area contributed by atoms with Gasteiger partial charge in [0.1, 0.15) is 5.76 Å². The zero-order valence-corrected chi connectivity index (χ0v) is 12.0. The Balaban J connectivity index is 1.96. The number of rotatable bonds is 2. The summed E-state index contributed by atoms with van der Waals surface area (Å²) in [5.74, 6) is -0.0352.